The molecule has 0 fully saturated rings. The molecule has 3 heteroatoms. The molecule has 3 nitrogen and oxygen atoms in total. The lowest BCUT2D eigenvalue weighted by Crippen LogP contribution is -2.20. The molecule has 0 heterocycles. The lowest BCUT2D eigenvalue weighted by Gasteiger charge is -2.23. The number of anilines is 2. The van der Waals surface area contributed by atoms with E-state index >= 15 is 0 Å². The van der Waals surface area contributed by atoms with Crippen molar-refractivity contribution in [3.8, 4) is 0 Å². The van der Waals surface area contributed by atoms with E-state index in [0.29, 0.717) is 5.69 Å². The van der Waals surface area contributed by atoms with E-state index in [1.54, 1.807) is 0 Å². The number of nitrogens with two attached hydrogens (primary N) is 1. The van der Waals surface area contributed by atoms with Gasteiger partial charge in [-0.05, 0) is 28.7 Å². The molecule has 2 aromatic rings. The second-order valence-electron chi connectivity index (χ2n) is 6.22. The molecule has 0 saturated carbocycles. The monoisotopic (exact) mass is 282 g/mol. The van der Waals surface area contributed by atoms with Gasteiger partial charge in [-0.25, -0.2) is 0 Å². The van der Waals surface area contributed by atoms with Gasteiger partial charge in [-0.15, -0.1) is 0 Å². The van der Waals surface area contributed by atoms with Crippen LogP contribution in [0.5, 0.6) is 0 Å². The van der Waals surface area contributed by atoms with E-state index in [0.717, 1.165) is 16.8 Å². The van der Waals surface area contributed by atoms with Gasteiger partial charge < -0.3 is 11.1 Å². The molecule has 0 spiro atoms. The highest BCUT2D eigenvalue weighted by Crippen LogP contribution is 2.29. The van der Waals surface area contributed by atoms with Crippen LogP contribution in [-0.4, -0.2) is 5.91 Å². The molecule has 110 valence electrons. The molecule has 0 aliphatic rings. The van der Waals surface area contributed by atoms with E-state index in [1.807, 2.05) is 48.5 Å². The van der Waals surface area contributed by atoms with Gasteiger partial charge in [0.25, 0.3) is 0 Å². The Balaban J connectivity index is 2.16. The maximum atomic E-state index is 12.2. The van der Waals surface area contributed by atoms with Crippen molar-refractivity contribution in [3.05, 3.63) is 59.7 Å². The second-order valence-corrected chi connectivity index (χ2v) is 6.22. The van der Waals surface area contributed by atoms with E-state index in [4.69, 9.17) is 5.73 Å². The van der Waals surface area contributed by atoms with Crippen molar-refractivity contribution in [2.45, 2.75) is 32.6 Å². The first-order valence-corrected chi connectivity index (χ1v) is 7.10. The molecule has 1 amide bonds. The van der Waals surface area contributed by atoms with Crippen molar-refractivity contribution in [2.24, 2.45) is 0 Å². The van der Waals surface area contributed by atoms with Crippen LogP contribution in [0.25, 0.3) is 0 Å². The van der Waals surface area contributed by atoms with E-state index in [1.165, 1.54) is 0 Å². The molecular weight excluding hydrogens is 260 g/mol. The van der Waals surface area contributed by atoms with Gasteiger partial charge in [-0.3, -0.25) is 4.79 Å². The van der Waals surface area contributed by atoms with Crippen LogP contribution < -0.4 is 11.1 Å². The number of hydrogen-bond acceptors (Lipinski definition) is 2. The molecule has 0 aliphatic carbocycles. The minimum atomic E-state index is -0.0513. The zero-order valence-corrected chi connectivity index (χ0v) is 12.8. The third-order valence-corrected chi connectivity index (χ3v) is 3.42. The number of amides is 1. The molecule has 0 bridgehead atoms. The van der Waals surface area contributed by atoms with Gasteiger partial charge in [0.1, 0.15) is 0 Å². The first-order valence-electron chi connectivity index (χ1n) is 7.10. The number of benzene rings is 2. The van der Waals surface area contributed by atoms with Gasteiger partial charge in [0, 0.05) is 11.4 Å². The van der Waals surface area contributed by atoms with Crippen LogP contribution in [0, 0.1) is 0 Å². The number of carbonyl (C=O) groups is 1. The van der Waals surface area contributed by atoms with Crippen molar-refractivity contribution >= 4 is 17.3 Å². The minimum Gasteiger partial charge on any atom is -0.398 e. The minimum absolute atomic E-state index is 0.0182. The van der Waals surface area contributed by atoms with Crippen molar-refractivity contribution < 1.29 is 4.79 Å². The third kappa shape index (κ3) is 3.85. The zero-order chi connectivity index (χ0) is 15.5. The van der Waals surface area contributed by atoms with Gasteiger partial charge in [-0.1, -0.05) is 57.2 Å². The molecule has 2 aromatic carbocycles. The maximum absolute atomic E-state index is 12.2. The Morgan fingerprint density at radius 3 is 2.33 bits per heavy atom. The van der Waals surface area contributed by atoms with Crippen LogP contribution in [0.3, 0.4) is 0 Å². The number of nitrogens with one attached hydrogen (secondary N) is 1. The summed E-state index contributed by atoms with van der Waals surface area (Å²) in [5.41, 5.74) is 9.35. The third-order valence-electron chi connectivity index (χ3n) is 3.42. The molecule has 0 aromatic heterocycles. The molecule has 0 aliphatic heterocycles. The van der Waals surface area contributed by atoms with Crippen molar-refractivity contribution in [1.29, 1.82) is 0 Å². The first-order chi connectivity index (χ1) is 9.88. The van der Waals surface area contributed by atoms with Gasteiger partial charge in [0.05, 0.1) is 6.42 Å². The smallest absolute Gasteiger partial charge is 0.228 e. The Kier molecular flexibility index (Phi) is 4.32. The van der Waals surface area contributed by atoms with Crippen LogP contribution in [-0.2, 0) is 16.6 Å². The van der Waals surface area contributed by atoms with E-state index < -0.39 is 0 Å². The fourth-order valence-corrected chi connectivity index (χ4v) is 2.31. The molecule has 0 unspecified atom stereocenters. The standard InChI is InChI=1S/C18H22N2O/c1-18(2,3)14-9-5-7-11-16(14)20-17(21)12-13-8-4-6-10-15(13)19/h4-11H,12,19H2,1-3H3,(H,20,21). The zero-order valence-electron chi connectivity index (χ0n) is 12.8. The summed E-state index contributed by atoms with van der Waals surface area (Å²) in [4.78, 5) is 12.2. The van der Waals surface area contributed by atoms with Gasteiger partial charge in [0.15, 0.2) is 0 Å². The van der Waals surface area contributed by atoms with Crippen LogP contribution >= 0.6 is 0 Å². The Labute approximate surface area is 126 Å². The van der Waals surface area contributed by atoms with Crippen LogP contribution in [0.2, 0.25) is 0 Å². The van der Waals surface area contributed by atoms with Crippen molar-refractivity contribution in [2.75, 3.05) is 11.1 Å². The molecule has 2 rings (SSSR count). The van der Waals surface area contributed by atoms with Crippen LogP contribution in [0.4, 0.5) is 11.4 Å². The lowest BCUT2D eigenvalue weighted by molar-refractivity contribution is -0.115. The number of rotatable bonds is 3. The quantitative estimate of drug-likeness (QED) is 0.842. The van der Waals surface area contributed by atoms with Crippen molar-refractivity contribution in [3.63, 3.8) is 0 Å². The Bertz CT molecular complexity index is 642. The normalized spacial score (nSPS) is 11.2. The Morgan fingerprint density at radius 1 is 1.05 bits per heavy atom. The summed E-state index contributed by atoms with van der Waals surface area (Å²) in [5.74, 6) is -0.0513. The number of para-hydroxylation sites is 2. The summed E-state index contributed by atoms with van der Waals surface area (Å²) in [5, 5.41) is 3.00. The second kappa shape index (κ2) is 6.00. The first kappa shape index (κ1) is 15.1. The fraction of sp³-hybridized carbons (Fsp3) is 0.278. The highest BCUT2D eigenvalue weighted by atomic mass is 16.1. The summed E-state index contributed by atoms with van der Waals surface area (Å²) in [6.07, 6.45) is 0.283. The molecule has 21 heavy (non-hydrogen) atoms. The van der Waals surface area contributed by atoms with E-state index in [9.17, 15) is 4.79 Å². The predicted octanol–water partition coefficient (Wildman–Crippen LogP) is 3.75. The lowest BCUT2D eigenvalue weighted by atomic mass is 9.86. The summed E-state index contributed by atoms with van der Waals surface area (Å²) >= 11 is 0. The largest absolute Gasteiger partial charge is 0.398 e. The van der Waals surface area contributed by atoms with Crippen molar-refractivity contribution in [1.82, 2.24) is 0 Å². The average Bonchev–Trinajstić information content (AvgIpc) is 2.41. The summed E-state index contributed by atoms with van der Waals surface area (Å²) in [6, 6.07) is 15.4. The van der Waals surface area contributed by atoms with Gasteiger partial charge in [0.2, 0.25) is 5.91 Å². The van der Waals surface area contributed by atoms with E-state index in [-0.39, 0.29) is 17.7 Å². The van der Waals surface area contributed by atoms with Crippen LogP contribution in [0.15, 0.2) is 48.5 Å². The molecule has 0 atom stereocenters. The van der Waals surface area contributed by atoms with Gasteiger partial charge in [-0.2, -0.15) is 0 Å². The molecule has 3 N–H and O–H groups in total. The summed E-state index contributed by atoms with van der Waals surface area (Å²) in [6.45, 7) is 6.40. The average molecular weight is 282 g/mol. The number of carbonyl (C=O) groups excluding carboxylic acids is 1. The highest BCUT2D eigenvalue weighted by molar-refractivity contribution is 5.93. The highest BCUT2D eigenvalue weighted by Gasteiger charge is 2.18. The SMILES string of the molecule is CC(C)(C)c1ccccc1NC(=O)Cc1ccccc1N. The molecule has 0 radical (unpaired) electrons. The number of hydrogen-bond donors (Lipinski definition) is 2. The molecule has 0 saturated heterocycles. The summed E-state index contributed by atoms with van der Waals surface area (Å²) < 4.78 is 0. The molecular formula is C18H22N2O. The Morgan fingerprint density at radius 2 is 1.67 bits per heavy atom. The summed E-state index contributed by atoms with van der Waals surface area (Å²) in [7, 11) is 0. The maximum Gasteiger partial charge on any atom is 0.228 e. The fourth-order valence-electron chi connectivity index (χ4n) is 2.31. The van der Waals surface area contributed by atoms with E-state index in [2.05, 4.69) is 26.1 Å². The Hall–Kier alpha value is -2.29. The predicted molar refractivity (Wildman–Crippen MR) is 88.3 cm³/mol. The number of nitrogen functional groups attached to an aromatic ring is 1. The van der Waals surface area contributed by atoms with Crippen LogP contribution in [0.1, 0.15) is 31.9 Å². The topological polar surface area (TPSA) is 55.1 Å². The van der Waals surface area contributed by atoms with Gasteiger partial charge >= 0.3 is 0 Å².